The zero-order valence-corrected chi connectivity index (χ0v) is 7.27. The van der Waals surface area contributed by atoms with Gasteiger partial charge in [0.1, 0.15) is 6.61 Å². The van der Waals surface area contributed by atoms with Gasteiger partial charge in [-0.15, -0.1) is 0 Å². The summed E-state index contributed by atoms with van der Waals surface area (Å²) in [4.78, 5) is 17.6. The summed E-state index contributed by atoms with van der Waals surface area (Å²) in [7, 11) is 0. The molecule has 0 aliphatic carbocycles. The molecule has 0 heterocycles. The first-order valence-electron chi connectivity index (χ1n) is 1.73. The van der Waals surface area contributed by atoms with Crippen LogP contribution in [0.3, 0.4) is 0 Å². The average Bonchev–Trinajstić information content (AvgIpc) is 1.65. The van der Waals surface area contributed by atoms with Gasteiger partial charge in [-0.3, -0.25) is 0 Å². The number of carbonyl (C=O) groups is 2. The molecule has 54 valence electrons. The zero-order valence-electron chi connectivity index (χ0n) is 5.27. The molecule has 0 unspecified atom stereocenters. The van der Waals surface area contributed by atoms with Crippen LogP contribution in [0.15, 0.2) is 0 Å². The summed E-state index contributed by atoms with van der Waals surface area (Å²) < 4.78 is 0. The molecule has 0 rings (SSSR count). The summed E-state index contributed by atoms with van der Waals surface area (Å²) in [5.41, 5.74) is 0. The molecule has 10 heavy (non-hydrogen) atoms. The molecule has 0 bridgehead atoms. The molecule has 0 fully saturated rings. The van der Waals surface area contributed by atoms with E-state index in [9.17, 15) is 0 Å². The summed E-state index contributed by atoms with van der Waals surface area (Å²) in [6.45, 7) is -0.778. The normalized spacial score (nSPS) is 6.10. The van der Waals surface area contributed by atoms with Gasteiger partial charge in [-0.1, -0.05) is 0 Å². The zero-order chi connectivity index (χ0) is 7.86. The van der Waals surface area contributed by atoms with Gasteiger partial charge in [0.05, 0.1) is 0 Å². The van der Waals surface area contributed by atoms with Gasteiger partial charge in [-0.25, -0.2) is 4.79 Å². The quantitative estimate of drug-likeness (QED) is 0.330. The first-order chi connectivity index (χ1) is 4.00. The number of aliphatic hydroxyl groups excluding tert-OH is 1. The monoisotopic (exact) mass is 160 g/mol. The van der Waals surface area contributed by atoms with Crippen LogP contribution in [0.2, 0.25) is 0 Å². The molecule has 0 amide bonds. The van der Waals surface area contributed by atoms with E-state index in [1.807, 2.05) is 0 Å². The van der Waals surface area contributed by atoms with Crippen molar-refractivity contribution in [3.05, 3.63) is 0 Å². The second kappa shape index (κ2) is 11.5. The summed E-state index contributed by atoms with van der Waals surface area (Å²) in [6.07, 6.45) is -2.08. The molecule has 0 aliphatic heterocycles. The first kappa shape index (κ1) is 16.4. The van der Waals surface area contributed by atoms with E-state index < -0.39 is 18.7 Å². The van der Waals surface area contributed by atoms with Crippen molar-refractivity contribution in [2.24, 2.45) is 0 Å². The summed E-state index contributed by atoms with van der Waals surface area (Å²) in [6, 6.07) is 0. The number of aliphatic hydroxyl groups is 1. The Balaban J connectivity index is -0.0000000910. The van der Waals surface area contributed by atoms with Gasteiger partial charge >= 0.3 is 35.5 Å². The van der Waals surface area contributed by atoms with Crippen molar-refractivity contribution in [2.45, 2.75) is 0 Å². The maximum atomic E-state index is 9.12. The average molecular weight is 160 g/mol. The van der Waals surface area contributed by atoms with E-state index in [0.717, 1.165) is 0 Å². The Bertz CT molecular complexity index is 97.2. The SMILES string of the molecule is O=C(O)CO.O=C([O-])O.[Na+]. The Morgan fingerprint density at radius 2 is 1.40 bits per heavy atom. The van der Waals surface area contributed by atoms with Crippen LogP contribution in [0, 0.1) is 0 Å². The first-order valence-corrected chi connectivity index (χ1v) is 1.73. The Morgan fingerprint density at radius 1 is 1.30 bits per heavy atom. The van der Waals surface area contributed by atoms with Crippen LogP contribution in [0.1, 0.15) is 0 Å². The molecule has 0 aromatic carbocycles. The van der Waals surface area contributed by atoms with Crippen molar-refractivity contribution in [2.75, 3.05) is 6.61 Å². The van der Waals surface area contributed by atoms with E-state index in [4.69, 9.17) is 30.0 Å². The van der Waals surface area contributed by atoms with Crippen LogP contribution in [0.5, 0.6) is 0 Å². The van der Waals surface area contributed by atoms with E-state index >= 15 is 0 Å². The number of carboxylic acid groups (broad SMARTS) is 3. The van der Waals surface area contributed by atoms with Gasteiger partial charge in [0.25, 0.3) is 0 Å². The molecule has 0 aromatic heterocycles. The van der Waals surface area contributed by atoms with Gasteiger partial charge in [-0.05, 0) is 0 Å². The van der Waals surface area contributed by atoms with Crippen molar-refractivity contribution in [1.29, 1.82) is 0 Å². The smallest absolute Gasteiger partial charge is 0.565 e. The predicted octanol–water partition coefficient (Wildman–Crippen LogP) is -5.04. The second-order valence-corrected chi connectivity index (χ2v) is 0.818. The minimum absolute atomic E-state index is 0. The van der Waals surface area contributed by atoms with Crippen LogP contribution >= 0.6 is 0 Å². The molecule has 6 nitrogen and oxygen atoms in total. The third-order valence-corrected chi connectivity index (χ3v) is 0.135. The topological polar surface area (TPSA) is 118 Å². The molecular formula is C3H5NaO6. The van der Waals surface area contributed by atoms with Gasteiger partial charge in [0.15, 0.2) is 0 Å². The van der Waals surface area contributed by atoms with Crippen molar-refractivity contribution >= 4 is 12.1 Å². The standard InChI is InChI=1S/C2H4O3.CH2O3.Na/c3-1-2(4)5;2-1(3)4;/h3H,1H2,(H,4,5);(H2,2,3,4);/q;;+1/p-1. The second-order valence-electron chi connectivity index (χ2n) is 0.818. The van der Waals surface area contributed by atoms with Crippen molar-refractivity contribution in [1.82, 2.24) is 0 Å². The molecule has 3 N–H and O–H groups in total. The molecule has 7 heteroatoms. The van der Waals surface area contributed by atoms with Gasteiger partial charge < -0.3 is 25.2 Å². The van der Waals surface area contributed by atoms with E-state index in [2.05, 4.69) is 0 Å². The van der Waals surface area contributed by atoms with Gasteiger partial charge in [0.2, 0.25) is 6.16 Å². The molecule has 0 atom stereocenters. The van der Waals surface area contributed by atoms with Crippen molar-refractivity contribution < 1.29 is 59.6 Å². The van der Waals surface area contributed by atoms with E-state index in [1.54, 1.807) is 0 Å². The van der Waals surface area contributed by atoms with Crippen LogP contribution < -0.4 is 34.7 Å². The third-order valence-electron chi connectivity index (χ3n) is 0.135. The van der Waals surface area contributed by atoms with E-state index in [1.165, 1.54) is 0 Å². The molecule has 0 aliphatic rings. The largest absolute Gasteiger partial charge is 1.00 e. The fraction of sp³-hybridized carbons (Fsp3) is 0.333. The summed E-state index contributed by atoms with van der Waals surface area (Å²) >= 11 is 0. The summed E-state index contributed by atoms with van der Waals surface area (Å²) in [5.74, 6) is -1.19. The maximum absolute atomic E-state index is 9.12. The number of aliphatic carboxylic acids is 1. The van der Waals surface area contributed by atoms with Crippen LogP contribution in [0.4, 0.5) is 4.79 Å². The van der Waals surface area contributed by atoms with Crippen molar-refractivity contribution in [3.8, 4) is 0 Å². The number of rotatable bonds is 1. The minimum atomic E-state index is -2.08. The predicted molar refractivity (Wildman–Crippen MR) is 22.7 cm³/mol. The molecule has 0 aromatic rings. The Hall–Kier alpha value is -0.300. The summed E-state index contributed by atoms with van der Waals surface area (Å²) in [5, 5.41) is 30.3. The molecule has 0 saturated heterocycles. The maximum Gasteiger partial charge on any atom is 1.00 e. The molecule has 0 spiro atoms. The number of carboxylic acids is 1. The molecular weight excluding hydrogens is 155 g/mol. The van der Waals surface area contributed by atoms with E-state index in [-0.39, 0.29) is 29.6 Å². The van der Waals surface area contributed by atoms with Gasteiger partial charge in [-0.2, -0.15) is 0 Å². The molecule has 0 radical (unpaired) electrons. The van der Waals surface area contributed by atoms with Crippen molar-refractivity contribution in [3.63, 3.8) is 0 Å². The van der Waals surface area contributed by atoms with E-state index in [0.29, 0.717) is 0 Å². The minimum Gasteiger partial charge on any atom is -0.565 e. The van der Waals surface area contributed by atoms with Crippen LogP contribution in [-0.4, -0.2) is 34.1 Å². The third kappa shape index (κ3) is 120. The fourth-order valence-electron chi connectivity index (χ4n) is 0. The Labute approximate surface area is 78.4 Å². The fourth-order valence-corrected chi connectivity index (χ4v) is 0. The van der Waals surface area contributed by atoms with Crippen LogP contribution in [-0.2, 0) is 4.79 Å². The van der Waals surface area contributed by atoms with Gasteiger partial charge in [0, 0.05) is 0 Å². The Morgan fingerprint density at radius 3 is 1.40 bits per heavy atom. The number of hydrogen-bond donors (Lipinski definition) is 3. The Kier molecular flexibility index (Phi) is 18.8. The molecule has 0 saturated carbocycles. The van der Waals surface area contributed by atoms with Crippen LogP contribution in [0.25, 0.3) is 0 Å². The number of hydrogen-bond acceptors (Lipinski definition) is 4.